The summed E-state index contributed by atoms with van der Waals surface area (Å²) in [5.41, 5.74) is 0. The van der Waals surface area contributed by atoms with Gasteiger partial charge in [-0.25, -0.2) is 0 Å². The molecule has 0 aromatic heterocycles. The van der Waals surface area contributed by atoms with Crippen LogP contribution in [0.15, 0.2) is 0 Å². The Labute approximate surface area is 245 Å². The highest BCUT2D eigenvalue weighted by atomic mass is 16.7. The van der Waals surface area contributed by atoms with Crippen molar-refractivity contribution < 1.29 is 78.9 Å². The first-order valence-electron chi connectivity index (χ1n) is 13.5. The van der Waals surface area contributed by atoms with Crippen LogP contribution in [0.25, 0.3) is 0 Å². The molecule has 1 unspecified atom stereocenters. The minimum absolute atomic E-state index is 0.662. The summed E-state index contributed by atoms with van der Waals surface area (Å²) in [4.78, 5) is 35.9. The molecule has 3 rings (SSSR count). The molecule has 15 atom stereocenters. The van der Waals surface area contributed by atoms with E-state index >= 15 is 0 Å². The molecule has 19 nitrogen and oxygen atoms in total. The number of rotatable bonds is 10. The zero-order valence-corrected chi connectivity index (χ0v) is 23.6. The molecular weight excluding hydrogens is 586 g/mol. The summed E-state index contributed by atoms with van der Waals surface area (Å²) < 4.78 is 28.8. The van der Waals surface area contributed by atoms with Gasteiger partial charge in [0.05, 0.1) is 19.8 Å². The summed E-state index contributed by atoms with van der Waals surface area (Å²) in [5.74, 6) is -2.01. The maximum atomic E-state index is 12.1. The number of hydrogen-bond acceptors (Lipinski definition) is 16. The van der Waals surface area contributed by atoms with Crippen LogP contribution in [-0.4, -0.2) is 170 Å². The first-order chi connectivity index (χ1) is 20.2. The van der Waals surface area contributed by atoms with E-state index in [2.05, 4.69) is 16.0 Å². The molecule has 3 aliphatic heterocycles. The molecule has 3 aliphatic rings. The number of amides is 3. The summed E-state index contributed by atoms with van der Waals surface area (Å²) in [7, 11) is 0. The monoisotopic (exact) mass is 627 g/mol. The van der Waals surface area contributed by atoms with Crippen molar-refractivity contribution in [2.24, 2.45) is 0 Å². The van der Waals surface area contributed by atoms with E-state index in [1.54, 1.807) is 0 Å². The Morgan fingerprint density at radius 2 is 0.930 bits per heavy atom. The first kappa shape index (κ1) is 35.4. The lowest BCUT2D eigenvalue weighted by molar-refractivity contribution is -0.355. The fraction of sp³-hybridized carbons (Fsp3) is 0.875. The molecule has 0 bridgehead atoms. The van der Waals surface area contributed by atoms with Gasteiger partial charge in [0.1, 0.15) is 73.1 Å². The Morgan fingerprint density at radius 1 is 0.558 bits per heavy atom. The van der Waals surface area contributed by atoms with E-state index in [-0.39, 0.29) is 0 Å². The lowest BCUT2D eigenvalue weighted by atomic mass is 9.93. The third-order valence-electron chi connectivity index (χ3n) is 7.30. The second-order valence-corrected chi connectivity index (χ2v) is 10.5. The minimum atomic E-state index is -1.84. The van der Waals surface area contributed by atoms with E-state index in [0.717, 1.165) is 20.8 Å². The van der Waals surface area contributed by atoms with Crippen molar-refractivity contribution in [3.05, 3.63) is 0 Å². The average Bonchev–Trinajstić information content (AvgIpc) is 2.94. The Balaban J connectivity index is 2.04. The topological polar surface area (TPSA) is 295 Å². The van der Waals surface area contributed by atoms with E-state index in [1.165, 1.54) is 0 Å². The normalized spacial score (nSPS) is 43.5. The molecule has 3 fully saturated rings. The minimum Gasteiger partial charge on any atom is -0.394 e. The second-order valence-electron chi connectivity index (χ2n) is 10.5. The molecular formula is C24H41N3O16. The van der Waals surface area contributed by atoms with Gasteiger partial charge in [-0.3, -0.25) is 14.4 Å². The van der Waals surface area contributed by atoms with E-state index in [1.807, 2.05) is 0 Å². The summed E-state index contributed by atoms with van der Waals surface area (Å²) in [6, 6.07) is -4.40. The summed E-state index contributed by atoms with van der Waals surface area (Å²) in [6.07, 6.45) is -19.4. The lowest BCUT2D eigenvalue weighted by Crippen LogP contribution is -2.71. The Kier molecular flexibility index (Phi) is 12.5. The molecule has 3 heterocycles. The third-order valence-corrected chi connectivity index (χ3v) is 7.30. The van der Waals surface area contributed by atoms with E-state index in [0.29, 0.717) is 0 Å². The van der Waals surface area contributed by atoms with Crippen LogP contribution in [0.1, 0.15) is 20.8 Å². The maximum Gasteiger partial charge on any atom is 0.217 e. The zero-order valence-electron chi connectivity index (χ0n) is 23.6. The molecule has 11 N–H and O–H groups in total. The molecule has 0 aromatic rings. The Hall–Kier alpha value is -2.11. The van der Waals surface area contributed by atoms with Gasteiger partial charge in [0.15, 0.2) is 18.9 Å². The van der Waals surface area contributed by atoms with Gasteiger partial charge in [0, 0.05) is 20.8 Å². The number of aliphatic hydroxyl groups excluding tert-OH is 8. The second kappa shape index (κ2) is 15.3. The number of carbonyl (C=O) groups is 3. The average molecular weight is 628 g/mol. The van der Waals surface area contributed by atoms with Crippen molar-refractivity contribution in [2.75, 3.05) is 19.8 Å². The van der Waals surface area contributed by atoms with E-state index < -0.39 is 129 Å². The summed E-state index contributed by atoms with van der Waals surface area (Å²) in [6.45, 7) is 0.940. The summed E-state index contributed by atoms with van der Waals surface area (Å²) >= 11 is 0. The van der Waals surface area contributed by atoms with Crippen LogP contribution in [0.4, 0.5) is 0 Å². The number of ether oxygens (including phenoxy) is 5. The van der Waals surface area contributed by atoms with Crippen LogP contribution in [0.5, 0.6) is 0 Å². The maximum absolute atomic E-state index is 12.1. The molecule has 3 saturated heterocycles. The fourth-order valence-corrected chi connectivity index (χ4v) is 5.26. The molecule has 0 aromatic carbocycles. The third kappa shape index (κ3) is 8.14. The highest BCUT2D eigenvalue weighted by molar-refractivity contribution is 5.74. The van der Waals surface area contributed by atoms with Crippen LogP contribution < -0.4 is 16.0 Å². The van der Waals surface area contributed by atoms with Crippen LogP contribution in [0.2, 0.25) is 0 Å². The number of nitrogens with one attached hydrogen (secondary N) is 3. The predicted molar refractivity (Wildman–Crippen MR) is 136 cm³/mol. The SMILES string of the molecule is CC(=O)N[C@H]1[C@H](O[C@@H]2[C@H](O[C@@H]3O[C@H](CO)[C@H](O)[C@H](O)[C@H]3NC(C)=O)[C@@H](NC(C)=O)C(O)O[C@@H]2CO)O[C@H](CO)[C@H](O)[C@@H]1O. The van der Waals surface area contributed by atoms with Gasteiger partial charge in [0.2, 0.25) is 17.7 Å². The number of carbonyl (C=O) groups excluding carboxylic acids is 3. The first-order valence-corrected chi connectivity index (χ1v) is 13.5. The van der Waals surface area contributed by atoms with E-state index in [9.17, 15) is 55.2 Å². The predicted octanol–water partition coefficient (Wildman–Crippen LogP) is -7.14. The smallest absolute Gasteiger partial charge is 0.217 e. The molecule has 248 valence electrons. The van der Waals surface area contributed by atoms with Crippen LogP contribution in [0, 0.1) is 0 Å². The Bertz CT molecular complexity index is 962. The van der Waals surface area contributed by atoms with Gasteiger partial charge in [-0.15, -0.1) is 0 Å². The lowest BCUT2D eigenvalue weighted by Gasteiger charge is -2.50. The van der Waals surface area contributed by atoms with Gasteiger partial charge in [-0.2, -0.15) is 0 Å². The van der Waals surface area contributed by atoms with Gasteiger partial charge in [0.25, 0.3) is 0 Å². The van der Waals surface area contributed by atoms with Gasteiger partial charge in [-0.05, 0) is 0 Å². The van der Waals surface area contributed by atoms with Crippen molar-refractivity contribution in [3.8, 4) is 0 Å². The summed E-state index contributed by atoms with van der Waals surface area (Å²) in [5, 5.41) is 89.6. The van der Waals surface area contributed by atoms with Crippen molar-refractivity contribution in [2.45, 2.75) is 113 Å². The zero-order chi connectivity index (χ0) is 32.2. The molecule has 3 amide bonds. The van der Waals surface area contributed by atoms with Crippen molar-refractivity contribution in [1.29, 1.82) is 0 Å². The van der Waals surface area contributed by atoms with Crippen molar-refractivity contribution in [1.82, 2.24) is 16.0 Å². The quantitative estimate of drug-likeness (QED) is 0.107. The van der Waals surface area contributed by atoms with Gasteiger partial charge >= 0.3 is 0 Å². The molecule has 0 spiro atoms. The molecule has 0 radical (unpaired) electrons. The highest BCUT2D eigenvalue weighted by Gasteiger charge is 2.55. The Morgan fingerprint density at radius 3 is 1.30 bits per heavy atom. The molecule has 0 saturated carbocycles. The van der Waals surface area contributed by atoms with Crippen molar-refractivity contribution in [3.63, 3.8) is 0 Å². The largest absolute Gasteiger partial charge is 0.394 e. The fourth-order valence-electron chi connectivity index (χ4n) is 5.26. The van der Waals surface area contributed by atoms with Crippen LogP contribution >= 0.6 is 0 Å². The molecule has 19 heteroatoms. The number of hydrogen-bond donors (Lipinski definition) is 11. The van der Waals surface area contributed by atoms with E-state index in [4.69, 9.17) is 23.7 Å². The van der Waals surface area contributed by atoms with Gasteiger partial charge < -0.3 is 80.5 Å². The van der Waals surface area contributed by atoms with Gasteiger partial charge in [-0.1, -0.05) is 0 Å². The standard InChI is InChI=1S/C24H41N3O16/c1-7(31)25-13-18(36)16(34)10(4-28)40-23(13)42-20-12(6-30)39-22(38)15(27-9(3)33)21(20)43-24-14(26-8(2)32)19(37)17(35)11(5-29)41-24/h10-24,28-30,34-38H,4-6H2,1-3H3,(H,25,31)(H,26,32)(H,27,33)/t10-,11-,12-,13-,14-,15-,16+,17+,18-,19-,20+,21-,22?,23+,24+/m1/s1. The highest BCUT2D eigenvalue weighted by Crippen LogP contribution is 2.33. The van der Waals surface area contributed by atoms with Crippen LogP contribution in [-0.2, 0) is 38.1 Å². The van der Waals surface area contributed by atoms with Crippen molar-refractivity contribution >= 4 is 17.7 Å². The molecule has 43 heavy (non-hydrogen) atoms. The van der Waals surface area contributed by atoms with Crippen LogP contribution in [0.3, 0.4) is 0 Å². The number of aliphatic hydroxyl groups is 8. The molecule has 0 aliphatic carbocycles.